The molecule has 0 aliphatic heterocycles. The molecule has 0 aliphatic rings. The molecule has 0 atom stereocenters. The van der Waals surface area contributed by atoms with Crippen LogP contribution in [0.1, 0.15) is 125 Å². The second kappa shape index (κ2) is 19.8. The largest absolute Gasteiger partial charge is 1.00 e. The fourth-order valence-electron chi connectivity index (χ4n) is 0.872. The van der Waals surface area contributed by atoms with Crippen molar-refractivity contribution >= 4 is 0 Å². The van der Waals surface area contributed by atoms with Crippen LogP contribution in [0.15, 0.2) is 31.0 Å². The topological polar surface area (TPSA) is 116 Å². The van der Waals surface area contributed by atoms with Crippen LogP contribution in [0.5, 0.6) is 0 Å². The van der Waals surface area contributed by atoms with Gasteiger partial charge in [-0.3, -0.25) is 15.7 Å². The minimum Gasteiger partial charge on any atom is -0.376 e. The zero-order chi connectivity index (χ0) is 27.4. The normalized spacial score (nSPS) is 12.8. The molecule has 0 fully saturated rings. The van der Waals surface area contributed by atoms with Gasteiger partial charge in [0.15, 0.2) is 0 Å². The maximum Gasteiger partial charge on any atom is 1.00 e. The molecular formula is C24H54Cu2LiN9. The molecule has 0 bridgehead atoms. The van der Waals surface area contributed by atoms with Crippen LogP contribution in [-0.4, -0.2) is 33.2 Å². The molecule has 0 aromatic heterocycles. The molecule has 0 saturated carbocycles. The molecule has 218 valence electrons. The fraction of sp³-hybridized carbons (Fsp3) is 1.00. The van der Waals surface area contributed by atoms with Gasteiger partial charge in [-0.05, 0) is 33.2 Å². The summed E-state index contributed by atoms with van der Waals surface area (Å²) in [6.07, 6.45) is 0. The Balaban J connectivity index is -0.0000000900. The van der Waals surface area contributed by atoms with E-state index in [4.69, 9.17) is 0 Å². The number of hydrogen-bond acceptors (Lipinski definition) is 6. The van der Waals surface area contributed by atoms with Crippen molar-refractivity contribution in [2.24, 2.45) is 31.0 Å². The summed E-state index contributed by atoms with van der Waals surface area (Å²) in [5.41, 5.74) is 11.3. The molecular weight excluding hydrogens is 548 g/mol. The van der Waals surface area contributed by atoms with E-state index in [2.05, 4.69) is 47.3 Å². The molecule has 0 unspecified atom stereocenters. The summed E-state index contributed by atoms with van der Waals surface area (Å²) in [6, 6.07) is 0. The minimum atomic E-state index is -0.116. The van der Waals surface area contributed by atoms with E-state index in [0.717, 1.165) is 0 Å². The zero-order valence-electron chi connectivity index (χ0n) is 26.6. The van der Waals surface area contributed by atoms with E-state index in [-0.39, 0.29) is 86.2 Å². The van der Waals surface area contributed by atoms with Crippen LogP contribution in [0, 0.1) is 0 Å². The van der Waals surface area contributed by atoms with Gasteiger partial charge in [0.25, 0.3) is 0 Å². The van der Waals surface area contributed by atoms with Crippen LogP contribution in [0.3, 0.4) is 0 Å². The molecule has 0 spiro atoms. The van der Waals surface area contributed by atoms with Gasteiger partial charge in [0.2, 0.25) is 0 Å². The van der Waals surface area contributed by atoms with Crippen molar-refractivity contribution in [2.45, 2.75) is 158 Å². The Morgan fingerprint density at radius 2 is 0.472 bits per heavy atom. The average molecular weight is 603 g/mol. The Morgan fingerprint density at radius 3 is 0.556 bits per heavy atom. The van der Waals surface area contributed by atoms with Gasteiger partial charge < -0.3 is 31.6 Å². The van der Waals surface area contributed by atoms with Gasteiger partial charge in [-0.1, -0.05) is 125 Å². The van der Waals surface area contributed by atoms with Gasteiger partial charge in [0.05, 0.1) is 0 Å². The Bertz CT molecular complexity index is 512. The van der Waals surface area contributed by atoms with Gasteiger partial charge in [-0.2, -0.15) is 0 Å². The molecule has 0 N–H and O–H groups in total. The molecule has 0 aromatic rings. The second-order valence-electron chi connectivity index (χ2n) is 13.9. The van der Waals surface area contributed by atoms with Crippen molar-refractivity contribution in [3.05, 3.63) is 16.3 Å². The summed E-state index contributed by atoms with van der Waals surface area (Å²) in [5, 5.41) is 23.3. The van der Waals surface area contributed by atoms with Crippen molar-refractivity contribution in [1.29, 1.82) is 0 Å². The summed E-state index contributed by atoms with van der Waals surface area (Å²) in [4.78, 5) is 0. The molecule has 0 radical (unpaired) electrons. The third-order valence-corrected chi connectivity index (χ3v) is 2.07. The van der Waals surface area contributed by atoms with E-state index < -0.39 is 0 Å². The van der Waals surface area contributed by atoms with Crippen molar-refractivity contribution in [3.8, 4) is 0 Å². The second-order valence-corrected chi connectivity index (χ2v) is 13.9. The van der Waals surface area contributed by atoms with E-state index in [0.29, 0.717) is 0 Å². The fourth-order valence-corrected chi connectivity index (χ4v) is 0.872. The van der Waals surface area contributed by atoms with Crippen LogP contribution in [0.4, 0.5) is 0 Å². The van der Waals surface area contributed by atoms with Gasteiger partial charge in [0, 0.05) is 0 Å². The standard InChI is InChI=1S/3C8H18N3.2Cu.Li/c3*1-7(2,3)9-11-10-8(4,5)6;;;/h3*1-6H3;;;/q3*-1;3*+1. The van der Waals surface area contributed by atoms with Gasteiger partial charge in [-0.15, -0.1) is 0 Å². The van der Waals surface area contributed by atoms with Crippen molar-refractivity contribution in [1.82, 2.24) is 0 Å². The first-order chi connectivity index (χ1) is 14.1. The van der Waals surface area contributed by atoms with Crippen LogP contribution in [-0.2, 0) is 34.1 Å². The van der Waals surface area contributed by atoms with E-state index in [1.54, 1.807) is 0 Å². The van der Waals surface area contributed by atoms with Crippen molar-refractivity contribution in [3.63, 3.8) is 0 Å². The van der Waals surface area contributed by atoms with E-state index in [9.17, 15) is 0 Å². The Hall–Kier alpha value is -0.164. The third kappa shape index (κ3) is 64.2. The van der Waals surface area contributed by atoms with Crippen molar-refractivity contribution < 1.29 is 53.0 Å². The summed E-state index contributed by atoms with van der Waals surface area (Å²) in [5.74, 6) is 0. The van der Waals surface area contributed by atoms with E-state index in [1.807, 2.05) is 125 Å². The van der Waals surface area contributed by atoms with Crippen LogP contribution in [0.2, 0.25) is 0 Å². The smallest absolute Gasteiger partial charge is 0.376 e. The molecule has 0 amide bonds. The first kappa shape index (κ1) is 48.9. The number of rotatable bonds is 3. The number of nitrogens with zero attached hydrogens (tertiary/aromatic N) is 9. The Morgan fingerprint density at radius 1 is 0.333 bits per heavy atom. The van der Waals surface area contributed by atoms with Gasteiger partial charge >= 0.3 is 53.0 Å². The maximum atomic E-state index is 4.00. The zero-order valence-corrected chi connectivity index (χ0v) is 28.5. The maximum absolute atomic E-state index is 4.00. The molecule has 0 aromatic carbocycles. The van der Waals surface area contributed by atoms with E-state index >= 15 is 0 Å². The summed E-state index contributed by atoms with van der Waals surface area (Å²) < 4.78 is 0. The van der Waals surface area contributed by atoms with Gasteiger partial charge in [-0.25, -0.2) is 0 Å². The Kier molecular flexibility index (Phi) is 26.9. The SMILES string of the molecule is CC(C)(C)N=N[N-]C(C)(C)C.CC(C)(C)N=N[N-]C(C)(C)C.CC(C)(C)N=N[N-]C(C)(C)C.[Cu+].[Cu+].[Li+]. The predicted octanol–water partition coefficient (Wildman–Crippen LogP) is 6.97. The van der Waals surface area contributed by atoms with Gasteiger partial charge in [0.1, 0.15) is 0 Å². The molecule has 0 rings (SSSR count). The van der Waals surface area contributed by atoms with Crippen LogP contribution < -0.4 is 18.9 Å². The number of hydrogen-bond donors (Lipinski definition) is 0. The van der Waals surface area contributed by atoms with Crippen LogP contribution >= 0.6 is 0 Å². The summed E-state index contributed by atoms with van der Waals surface area (Å²) in [7, 11) is 0. The molecule has 0 aliphatic carbocycles. The molecule has 9 nitrogen and oxygen atoms in total. The molecule has 12 heteroatoms. The predicted molar refractivity (Wildman–Crippen MR) is 143 cm³/mol. The monoisotopic (exact) mass is 601 g/mol. The van der Waals surface area contributed by atoms with E-state index in [1.165, 1.54) is 0 Å². The Labute approximate surface area is 257 Å². The minimum absolute atomic E-state index is 0. The van der Waals surface area contributed by atoms with Crippen LogP contribution in [0.25, 0.3) is 16.3 Å². The molecule has 0 heterocycles. The average Bonchev–Trinajstić information content (AvgIpc) is 2.39. The first-order valence-electron chi connectivity index (χ1n) is 11.5. The van der Waals surface area contributed by atoms with Crippen molar-refractivity contribution in [2.75, 3.05) is 0 Å². The summed E-state index contributed by atoms with van der Waals surface area (Å²) in [6.45, 7) is 35.9. The first-order valence-corrected chi connectivity index (χ1v) is 11.5. The molecule has 0 saturated heterocycles. The third-order valence-electron chi connectivity index (χ3n) is 2.07. The summed E-state index contributed by atoms with van der Waals surface area (Å²) >= 11 is 0. The molecule has 36 heavy (non-hydrogen) atoms. The quantitative estimate of drug-likeness (QED) is 0.188.